The van der Waals surface area contributed by atoms with E-state index in [1.165, 1.54) is 0 Å². The molecule has 0 bridgehead atoms. The van der Waals surface area contributed by atoms with Crippen LogP contribution in [-0.2, 0) is 9.53 Å². The fraction of sp³-hybridized carbons (Fsp3) is 0.500. The molecule has 6 nitrogen and oxygen atoms in total. The number of hydrogen-bond donors (Lipinski definition) is 4. The molecule has 0 saturated heterocycles. The molecule has 0 fully saturated rings. The van der Waals surface area contributed by atoms with Gasteiger partial charge in [0, 0.05) is 0 Å². The summed E-state index contributed by atoms with van der Waals surface area (Å²) >= 11 is 0. The summed E-state index contributed by atoms with van der Waals surface area (Å²) in [6, 6.07) is 0. The SMILES string of the molecule is O=C1OC(C(O)CO)C(O)=C1O.[H-].[Na+]. The number of esters is 1. The molecular formula is C6H9NaO6. The number of rotatable bonds is 2. The zero-order valence-corrected chi connectivity index (χ0v) is 8.97. The second-order valence-corrected chi connectivity index (χ2v) is 2.31. The zero-order chi connectivity index (χ0) is 9.30. The van der Waals surface area contributed by atoms with Gasteiger partial charge in [0.2, 0.25) is 5.76 Å². The van der Waals surface area contributed by atoms with Crippen molar-refractivity contribution in [1.29, 1.82) is 0 Å². The van der Waals surface area contributed by atoms with Crippen molar-refractivity contribution in [3.63, 3.8) is 0 Å². The van der Waals surface area contributed by atoms with Crippen LogP contribution in [0.3, 0.4) is 0 Å². The molecule has 13 heavy (non-hydrogen) atoms. The van der Waals surface area contributed by atoms with Crippen LogP contribution in [0.2, 0.25) is 0 Å². The summed E-state index contributed by atoms with van der Waals surface area (Å²) in [5, 5.41) is 35.0. The summed E-state index contributed by atoms with van der Waals surface area (Å²) in [7, 11) is 0. The Morgan fingerprint density at radius 1 is 1.54 bits per heavy atom. The Hall–Kier alpha value is -0.270. The summed E-state index contributed by atoms with van der Waals surface area (Å²) < 4.78 is 4.32. The molecule has 1 aliphatic heterocycles. The standard InChI is InChI=1S/C6H8O6.Na.H/c7-1-2(8)5-3(9)4(10)6(11)12-5;;/h2,5,7-10H,1H2;;/q;+1;-1. The number of aliphatic hydroxyl groups excluding tert-OH is 4. The number of ether oxygens (including phenoxy) is 1. The van der Waals surface area contributed by atoms with Gasteiger partial charge in [-0.3, -0.25) is 0 Å². The van der Waals surface area contributed by atoms with Crippen molar-refractivity contribution >= 4 is 5.97 Å². The van der Waals surface area contributed by atoms with Crippen LogP contribution in [-0.4, -0.2) is 45.2 Å². The third-order valence-electron chi connectivity index (χ3n) is 1.48. The van der Waals surface area contributed by atoms with E-state index in [1.807, 2.05) is 0 Å². The first-order chi connectivity index (χ1) is 5.57. The van der Waals surface area contributed by atoms with Gasteiger partial charge in [0.1, 0.15) is 6.10 Å². The molecule has 0 amide bonds. The number of carbonyl (C=O) groups is 1. The monoisotopic (exact) mass is 200 g/mol. The van der Waals surface area contributed by atoms with Crippen molar-refractivity contribution < 1.29 is 60.9 Å². The minimum absolute atomic E-state index is 0. The van der Waals surface area contributed by atoms with E-state index < -0.39 is 36.3 Å². The Labute approximate surface area is 97.2 Å². The summed E-state index contributed by atoms with van der Waals surface area (Å²) in [6.45, 7) is -0.671. The normalized spacial score (nSPS) is 23.8. The molecule has 0 aromatic rings. The topological polar surface area (TPSA) is 107 Å². The molecule has 0 saturated carbocycles. The van der Waals surface area contributed by atoms with Gasteiger partial charge in [0.05, 0.1) is 6.61 Å². The van der Waals surface area contributed by atoms with Crippen molar-refractivity contribution in [2.24, 2.45) is 0 Å². The number of hydrogen-bond acceptors (Lipinski definition) is 6. The smallest absolute Gasteiger partial charge is 1.00 e. The van der Waals surface area contributed by atoms with Gasteiger partial charge in [-0.25, -0.2) is 4.79 Å². The first-order valence-electron chi connectivity index (χ1n) is 3.20. The predicted octanol–water partition coefficient (Wildman–Crippen LogP) is -4.29. The van der Waals surface area contributed by atoms with Gasteiger partial charge in [0.15, 0.2) is 11.9 Å². The second-order valence-electron chi connectivity index (χ2n) is 2.31. The van der Waals surface area contributed by atoms with Gasteiger partial charge < -0.3 is 26.6 Å². The Bertz CT molecular complexity index is 242. The van der Waals surface area contributed by atoms with Crippen LogP contribution in [0, 0.1) is 0 Å². The van der Waals surface area contributed by atoms with Crippen LogP contribution in [0.5, 0.6) is 0 Å². The summed E-state index contributed by atoms with van der Waals surface area (Å²) in [5.41, 5.74) is 0. The molecule has 0 aromatic carbocycles. The van der Waals surface area contributed by atoms with Gasteiger partial charge in [-0.05, 0) is 0 Å². The third-order valence-corrected chi connectivity index (χ3v) is 1.48. The molecule has 0 aliphatic carbocycles. The maximum atomic E-state index is 10.5. The maximum absolute atomic E-state index is 10.5. The Morgan fingerprint density at radius 3 is 2.38 bits per heavy atom. The van der Waals surface area contributed by atoms with Crippen LogP contribution >= 0.6 is 0 Å². The van der Waals surface area contributed by atoms with Crippen molar-refractivity contribution in [1.82, 2.24) is 0 Å². The van der Waals surface area contributed by atoms with E-state index in [9.17, 15) is 4.79 Å². The summed E-state index contributed by atoms with van der Waals surface area (Å²) in [5.74, 6) is -2.78. The largest absolute Gasteiger partial charge is 1.00 e. The van der Waals surface area contributed by atoms with Gasteiger partial charge in [-0.1, -0.05) is 0 Å². The van der Waals surface area contributed by atoms with Crippen LogP contribution in [0.25, 0.3) is 0 Å². The Morgan fingerprint density at radius 2 is 2.08 bits per heavy atom. The van der Waals surface area contributed by atoms with Crippen molar-refractivity contribution in [2.75, 3.05) is 6.61 Å². The molecule has 2 unspecified atom stereocenters. The quantitative estimate of drug-likeness (QED) is 0.265. The molecular weight excluding hydrogens is 191 g/mol. The summed E-state index contributed by atoms with van der Waals surface area (Å²) in [4.78, 5) is 10.5. The fourth-order valence-electron chi connectivity index (χ4n) is 0.823. The van der Waals surface area contributed by atoms with E-state index in [0.717, 1.165) is 0 Å². The first-order valence-corrected chi connectivity index (χ1v) is 3.20. The van der Waals surface area contributed by atoms with E-state index in [2.05, 4.69) is 4.74 Å². The van der Waals surface area contributed by atoms with Crippen LogP contribution in [0.4, 0.5) is 0 Å². The van der Waals surface area contributed by atoms with E-state index in [1.54, 1.807) is 0 Å². The van der Waals surface area contributed by atoms with Gasteiger partial charge in [0.25, 0.3) is 0 Å². The molecule has 1 aliphatic rings. The van der Waals surface area contributed by atoms with E-state index >= 15 is 0 Å². The van der Waals surface area contributed by atoms with E-state index in [0.29, 0.717) is 0 Å². The second kappa shape index (κ2) is 4.83. The Kier molecular flexibility index (Phi) is 4.72. The molecule has 2 atom stereocenters. The van der Waals surface area contributed by atoms with Crippen molar-refractivity contribution in [3.05, 3.63) is 11.5 Å². The average Bonchev–Trinajstić information content (AvgIpc) is 2.32. The third kappa shape index (κ3) is 2.35. The molecule has 0 spiro atoms. The van der Waals surface area contributed by atoms with Crippen LogP contribution < -0.4 is 29.6 Å². The zero-order valence-electron chi connectivity index (χ0n) is 7.97. The van der Waals surface area contributed by atoms with E-state index in [4.69, 9.17) is 20.4 Å². The van der Waals surface area contributed by atoms with Gasteiger partial charge in [-0.15, -0.1) is 0 Å². The molecule has 4 N–H and O–H groups in total. The van der Waals surface area contributed by atoms with Gasteiger partial charge in [-0.2, -0.15) is 0 Å². The molecule has 0 radical (unpaired) electrons. The van der Waals surface area contributed by atoms with Crippen molar-refractivity contribution in [3.8, 4) is 0 Å². The minimum atomic E-state index is -1.42. The van der Waals surface area contributed by atoms with E-state index in [-0.39, 0.29) is 31.0 Å². The predicted molar refractivity (Wildman–Crippen MR) is 36.4 cm³/mol. The maximum Gasteiger partial charge on any atom is 1.00 e. The summed E-state index contributed by atoms with van der Waals surface area (Å²) in [6.07, 6.45) is -2.78. The fourth-order valence-corrected chi connectivity index (χ4v) is 0.823. The first kappa shape index (κ1) is 12.7. The molecule has 7 heteroatoms. The average molecular weight is 200 g/mol. The molecule has 1 heterocycles. The Balaban J connectivity index is 0. The molecule has 1 rings (SSSR count). The minimum Gasteiger partial charge on any atom is -1.00 e. The number of cyclic esters (lactones) is 1. The molecule has 70 valence electrons. The van der Waals surface area contributed by atoms with Crippen LogP contribution in [0.15, 0.2) is 11.5 Å². The van der Waals surface area contributed by atoms with Crippen molar-refractivity contribution in [2.45, 2.75) is 12.2 Å². The van der Waals surface area contributed by atoms with Gasteiger partial charge >= 0.3 is 35.5 Å². The molecule has 0 aromatic heterocycles. The van der Waals surface area contributed by atoms with Crippen LogP contribution in [0.1, 0.15) is 1.43 Å². The number of carbonyl (C=O) groups excluding carboxylic acids is 1. The number of aliphatic hydroxyl groups is 4.